The SMILES string of the molecule is CCOc1ccccc1NC(=O)COC(=O)/C=C/c1ccc2c(c1)OCCO2. The van der Waals surface area contributed by atoms with Gasteiger partial charge < -0.3 is 24.3 Å². The summed E-state index contributed by atoms with van der Waals surface area (Å²) in [7, 11) is 0. The van der Waals surface area contributed by atoms with E-state index in [0.717, 1.165) is 5.56 Å². The van der Waals surface area contributed by atoms with Crippen molar-refractivity contribution in [1.29, 1.82) is 0 Å². The van der Waals surface area contributed by atoms with Gasteiger partial charge in [-0.2, -0.15) is 0 Å². The Kier molecular flexibility index (Phi) is 6.51. The van der Waals surface area contributed by atoms with Gasteiger partial charge >= 0.3 is 5.97 Å². The summed E-state index contributed by atoms with van der Waals surface area (Å²) in [6.45, 7) is 2.95. The van der Waals surface area contributed by atoms with Crippen molar-refractivity contribution in [1.82, 2.24) is 0 Å². The lowest BCUT2D eigenvalue weighted by Gasteiger charge is -2.18. The van der Waals surface area contributed by atoms with E-state index in [1.807, 2.05) is 13.0 Å². The molecule has 0 unspecified atom stereocenters. The van der Waals surface area contributed by atoms with Crippen molar-refractivity contribution >= 4 is 23.6 Å². The first-order valence-corrected chi connectivity index (χ1v) is 8.92. The van der Waals surface area contributed by atoms with Gasteiger partial charge in [0.05, 0.1) is 12.3 Å². The number of amides is 1. The molecule has 0 saturated carbocycles. The number of esters is 1. The summed E-state index contributed by atoms with van der Waals surface area (Å²) in [4.78, 5) is 23.9. The fraction of sp³-hybridized carbons (Fsp3) is 0.238. The van der Waals surface area contributed by atoms with Crippen LogP contribution in [-0.2, 0) is 14.3 Å². The maximum Gasteiger partial charge on any atom is 0.331 e. The van der Waals surface area contributed by atoms with Gasteiger partial charge in [-0.05, 0) is 42.8 Å². The molecule has 0 spiro atoms. The molecule has 146 valence electrons. The number of ether oxygens (including phenoxy) is 4. The number of carbonyl (C=O) groups excluding carboxylic acids is 2. The smallest absolute Gasteiger partial charge is 0.331 e. The number of hydrogen-bond donors (Lipinski definition) is 1. The third-order valence-electron chi connectivity index (χ3n) is 3.78. The number of hydrogen-bond acceptors (Lipinski definition) is 6. The molecular weight excluding hydrogens is 362 g/mol. The van der Waals surface area contributed by atoms with Crippen molar-refractivity contribution < 1.29 is 28.5 Å². The quantitative estimate of drug-likeness (QED) is 0.584. The molecule has 0 aliphatic carbocycles. The third kappa shape index (κ3) is 5.26. The first-order valence-electron chi connectivity index (χ1n) is 8.92. The molecule has 7 nitrogen and oxygen atoms in total. The summed E-state index contributed by atoms with van der Waals surface area (Å²) in [5.41, 5.74) is 1.29. The van der Waals surface area contributed by atoms with E-state index in [-0.39, 0.29) is 0 Å². The molecule has 7 heteroatoms. The van der Waals surface area contributed by atoms with Crippen molar-refractivity contribution in [3.05, 3.63) is 54.1 Å². The zero-order valence-electron chi connectivity index (χ0n) is 15.5. The lowest BCUT2D eigenvalue weighted by Crippen LogP contribution is -2.20. The molecule has 1 aliphatic rings. The molecular formula is C21H21NO6. The highest BCUT2D eigenvalue weighted by Crippen LogP contribution is 2.31. The summed E-state index contributed by atoms with van der Waals surface area (Å²) in [5.74, 6) is 0.795. The lowest BCUT2D eigenvalue weighted by atomic mass is 10.2. The first kappa shape index (κ1) is 19.3. The van der Waals surface area contributed by atoms with Crippen LogP contribution >= 0.6 is 0 Å². The van der Waals surface area contributed by atoms with Crippen LogP contribution in [0.3, 0.4) is 0 Å². The Hall–Kier alpha value is -3.48. The second kappa shape index (κ2) is 9.45. The molecule has 1 N–H and O–H groups in total. The second-order valence-electron chi connectivity index (χ2n) is 5.82. The Balaban J connectivity index is 1.50. The highest BCUT2D eigenvalue weighted by atomic mass is 16.6. The molecule has 0 atom stereocenters. The van der Waals surface area contributed by atoms with Crippen molar-refractivity contribution in [3.8, 4) is 17.2 Å². The number of carbonyl (C=O) groups is 2. The number of anilines is 1. The second-order valence-corrected chi connectivity index (χ2v) is 5.82. The fourth-order valence-corrected chi connectivity index (χ4v) is 2.55. The molecule has 2 aromatic rings. The van der Waals surface area contributed by atoms with Gasteiger partial charge in [-0.25, -0.2) is 4.79 Å². The van der Waals surface area contributed by atoms with E-state index in [4.69, 9.17) is 18.9 Å². The number of para-hydroxylation sites is 2. The molecule has 0 bridgehead atoms. The number of rotatable bonds is 7. The van der Waals surface area contributed by atoms with Crippen LogP contribution in [0, 0.1) is 0 Å². The van der Waals surface area contributed by atoms with Gasteiger partial charge in [0.1, 0.15) is 19.0 Å². The molecule has 1 heterocycles. The van der Waals surface area contributed by atoms with E-state index in [0.29, 0.717) is 42.8 Å². The lowest BCUT2D eigenvalue weighted by molar-refractivity contribution is -0.142. The molecule has 3 rings (SSSR count). The minimum absolute atomic E-state index is 0.398. The summed E-state index contributed by atoms with van der Waals surface area (Å²) < 4.78 is 21.4. The van der Waals surface area contributed by atoms with Crippen LogP contribution in [0.2, 0.25) is 0 Å². The van der Waals surface area contributed by atoms with Crippen molar-refractivity contribution in [2.75, 3.05) is 31.7 Å². The van der Waals surface area contributed by atoms with Crippen LogP contribution in [0.1, 0.15) is 12.5 Å². The third-order valence-corrected chi connectivity index (χ3v) is 3.78. The van der Waals surface area contributed by atoms with Gasteiger partial charge in [0.2, 0.25) is 0 Å². The maximum absolute atomic E-state index is 12.0. The van der Waals surface area contributed by atoms with Crippen LogP contribution in [0.25, 0.3) is 6.08 Å². The largest absolute Gasteiger partial charge is 0.492 e. The average Bonchev–Trinajstić information content (AvgIpc) is 2.72. The minimum atomic E-state index is -0.622. The first-order chi connectivity index (χ1) is 13.7. The van der Waals surface area contributed by atoms with Gasteiger partial charge in [0, 0.05) is 6.08 Å². The van der Waals surface area contributed by atoms with Gasteiger partial charge in [0.25, 0.3) is 5.91 Å². The van der Waals surface area contributed by atoms with Crippen LogP contribution in [0.15, 0.2) is 48.5 Å². The standard InChI is InChI=1S/C21H21NO6/c1-2-25-17-6-4-3-5-16(17)22-20(23)14-28-21(24)10-8-15-7-9-18-19(13-15)27-12-11-26-18/h3-10,13H,2,11-12,14H2,1H3,(H,22,23)/b10-8+. The van der Waals surface area contributed by atoms with Crippen molar-refractivity contribution in [3.63, 3.8) is 0 Å². The summed E-state index contributed by atoms with van der Waals surface area (Å²) in [5, 5.41) is 2.66. The van der Waals surface area contributed by atoms with E-state index >= 15 is 0 Å². The monoisotopic (exact) mass is 383 g/mol. The zero-order valence-corrected chi connectivity index (χ0v) is 15.5. The van der Waals surface area contributed by atoms with Gasteiger partial charge in [-0.15, -0.1) is 0 Å². The van der Waals surface area contributed by atoms with Gasteiger partial charge in [0.15, 0.2) is 18.1 Å². The highest BCUT2D eigenvalue weighted by molar-refractivity contribution is 5.95. The van der Waals surface area contributed by atoms with Crippen molar-refractivity contribution in [2.45, 2.75) is 6.92 Å². The van der Waals surface area contributed by atoms with Crippen LogP contribution < -0.4 is 19.5 Å². The highest BCUT2D eigenvalue weighted by Gasteiger charge is 2.12. The van der Waals surface area contributed by atoms with E-state index < -0.39 is 18.5 Å². The molecule has 0 fully saturated rings. The zero-order chi connectivity index (χ0) is 19.8. The summed E-state index contributed by atoms with van der Waals surface area (Å²) in [6, 6.07) is 12.4. The number of fused-ring (bicyclic) bond motifs is 1. The number of benzene rings is 2. The molecule has 0 aromatic heterocycles. The summed E-state index contributed by atoms with van der Waals surface area (Å²) >= 11 is 0. The van der Waals surface area contributed by atoms with Gasteiger partial charge in [-0.1, -0.05) is 18.2 Å². The van der Waals surface area contributed by atoms with Crippen LogP contribution in [-0.4, -0.2) is 38.3 Å². The normalized spacial score (nSPS) is 12.5. The Bertz CT molecular complexity index is 877. The van der Waals surface area contributed by atoms with Gasteiger partial charge in [-0.3, -0.25) is 4.79 Å². The Labute approximate surface area is 162 Å². The molecule has 2 aromatic carbocycles. The molecule has 1 amide bonds. The fourth-order valence-electron chi connectivity index (χ4n) is 2.55. The average molecular weight is 383 g/mol. The number of nitrogens with one attached hydrogen (secondary N) is 1. The Morgan fingerprint density at radius 1 is 1.11 bits per heavy atom. The van der Waals surface area contributed by atoms with Crippen LogP contribution in [0.5, 0.6) is 17.2 Å². The molecule has 28 heavy (non-hydrogen) atoms. The predicted molar refractivity (Wildman–Crippen MR) is 104 cm³/mol. The van der Waals surface area contributed by atoms with E-state index in [1.54, 1.807) is 42.5 Å². The molecule has 0 saturated heterocycles. The Morgan fingerprint density at radius 3 is 2.71 bits per heavy atom. The molecule has 1 aliphatic heterocycles. The topological polar surface area (TPSA) is 83.1 Å². The molecule has 0 radical (unpaired) electrons. The van der Waals surface area contributed by atoms with E-state index in [2.05, 4.69) is 5.32 Å². The minimum Gasteiger partial charge on any atom is -0.492 e. The van der Waals surface area contributed by atoms with E-state index in [1.165, 1.54) is 6.08 Å². The van der Waals surface area contributed by atoms with Crippen molar-refractivity contribution in [2.24, 2.45) is 0 Å². The summed E-state index contributed by atoms with van der Waals surface area (Å²) in [6.07, 6.45) is 2.84. The Morgan fingerprint density at radius 2 is 1.89 bits per heavy atom. The van der Waals surface area contributed by atoms with Crippen LogP contribution in [0.4, 0.5) is 5.69 Å². The van der Waals surface area contributed by atoms with E-state index in [9.17, 15) is 9.59 Å². The predicted octanol–water partition coefficient (Wildman–Crippen LogP) is 3.05. The maximum atomic E-state index is 12.0.